The number of nitrogens with zero attached hydrogens (tertiary/aromatic N) is 6. The lowest BCUT2D eigenvalue weighted by atomic mass is 9.89. The molecule has 0 bridgehead atoms. The van der Waals surface area contributed by atoms with Crippen LogP contribution in [0.2, 0.25) is 0 Å². The van der Waals surface area contributed by atoms with Crippen molar-refractivity contribution in [3.63, 3.8) is 0 Å². The maximum atomic E-state index is 8.70. The van der Waals surface area contributed by atoms with Crippen LogP contribution in [-0.4, -0.2) is 0 Å². The van der Waals surface area contributed by atoms with E-state index >= 15 is 0 Å². The van der Waals surface area contributed by atoms with Gasteiger partial charge in [0.1, 0.15) is 0 Å². The molecular weight excluding hydrogens is 240 g/mol. The second kappa shape index (κ2) is 4.38. The molecule has 1 atom stereocenters. The van der Waals surface area contributed by atoms with Crippen molar-refractivity contribution < 1.29 is 0 Å². The maximum Gasteiger partial charge on any atom is 0.0907 e. The molecule has 0 saturated carbocycles. The van der Waals surface area contributed by atoms with Gasteiger partial charge in [-0.05, 0) is 39.0 Å². The summed E-state index contributed by atoms with van der Waals surface area (Å²) >= 11 is 0. The Hall–Kier alpha value is -2.94. The highest BCUT2D eigenvalue weighted by molar-refractivity contribution is 5.96. The van der Waals surface area contributed by atoms with E-state index in [0.717, 1.165) is 21.9 Å². The molecule has 90 valence electrons. The van der Waals surface area contributed by atoms with Crippen LogP contribution < -0.4 is 0 Å². The number of azide groups is 2. The number of hydrogen-bond acceptors (Lipinski definition) is 2. The van der Waals surface area contributed by atoms with E-state index in [0.29, 0.717) is 5.70 Å². The van der Waals surface area contributed by atoms with Crippen LogP contribution in [0, 0.1) is 0 Å². The van der Waals surface area contributed by atoms with Gasteiger partial charge in [-0.25, -0.2) is 0 Å². The Morgan fingerprint density at radius 2 is 1.79 bits per heavy atom. The Morgan fingerprint density at radius 1 is 1.00 bits per heavy atom. The van der Waals surface area contributed by atoms with Gasteiger partial charge < -0.3 is 0 Å². The highest BCUT2D eigenvalue weighted by Crippen LogP contribution is 2.40. The van der Waals surface area contributed by atoms with E-state index in [9.17, 15) is 0 Å². The first kappa shape index (κ1) is 11.2. The van der Waals surface area contributed by atoms with Crippen molar-refractivity contribution in [3.05, 3.63) is 74.1 Å². The Morgan fingerprint density at radius 3 is 2.53 bits per heavy atom. The summed E-state index contributed by atoms with van der Waals surface area (Å²) in [6.45, 7) is 0. The van der Waals surface area contributed by atoms with E-state index in [1.54, 1.807) is 6.08 Å². The lowest BCUT2D eigenvalue weighted by Crippen LogP contribution is -2.03. The summed E-state index contributed by atoms with van der Waals surface area (Å²) in [4.78, 5) is 5.65. The molecule has 3 rings (SSSR count). The second-order valence-electron chi connectivity index (χ2n) is 4.16. The van der Waals surface area contributed by atoms with Crippen LogP contribution in [0.5, 0.6) is 0 Å². The van der Waals surface area contributed by atoms with Crippen LogP contribution in [0.1, 0.15) is 17.2 Å². The summed E-state index contributed by atoms with van der Waals surface area (Å²) in [5.74, 6) is 0. The first-order valence-electron chi connectivity index (χ1n) is 5.67. The Bertz CT molecular complexity index is 789. The fourth-order valence-corrected chi connectivity index (χ4v) is 2.45. The van der Waals surface area contributed by atoms with E-state index in [-0.39, 0.29) is 0 Å². The number of rotatable bonds is 2. The van der Waals surface area contributed by atoms with Crippen LogP contribution in [0.15, 0.2) is 52.3 Å². The van der Waals surface area contributed by atoms with E-state index in [1.807, 2.05) is 36.4 Å². The average molecular weight is 248 g/mol. The highest BCUT2D eigenvalue weighted by Gasteiger charge is 2.22. The third kappa shape index (κ3) is 1.68. The first-order valence-corrected chi connectivity index (χ1v) is 5.67. The van der Waals surface area contributed by atoms with Gasteiger partial charge in [0.15, 0.2) is 0 Å². The molecule has 2 aromatic rings. The molecule has 0 amide bonds. The van der Waals surface area contributed by atoms with Gasteiger partial charge in [-0.3, -0.25) is 0 Å². The number of hydrogen-bond donors (Lipinski definition) is 0. The third-order valence-electron chi connectivity index (χ3n) is 3.17. The summed E-state index contributed by atoms with van der Waals surface area (Å²) in [6, 6.07) is 11.1. The van der Waals surface area contributed by atoms with Gasteiger partial charge in [0.25, 0.3) is 0 Å². The molecule has 6 nitrogen and oxygen atoms in total. The molecular formula is C13H8N6. The molecule has 0 aromatic heterocycles. The molecule has 0 radical (unpaired) electrons. The molecule has 0 N–H and O–H groups in total. The van der Waals surface area contributed by atoms with E-state index in [4.69, 9.17) is 11.1 Å². The van der Waals surface area contributed by atoms with Gasteiger partial charge in [-0.15, -0.1) is 0 Å². The fourth-order valence-electron chi connectivity index (χ4n) is 2.45. The normalized spacial score (nSPS) is 16.2. The van der Waals surface area contributed by atoms with Crippen molar-refractivity contribution in [2.75, 3.05) is 0 Å². The molecule has 1 unspecified atom stereocenters. The first-order chi connectivity index (χ1) is 9.35. The zero-order valence-electron chi connectivity index (χ0n) is 9.80. The molecule has 1 aliphatic rings. The van der Waals surface area contributed by atoms with Crippen LogP contribution in [-0.2, 0) is 0 Å². The monoisotopic (exact) mass is 248 g/mol. The lowest BCUT2D eigenvalue weighted by Gasteiger charge is -2.21. The summed E-state index contributed by atoms with van der Waals surface area (Å²) in [5, 5.41) is 9.52. The van der Waals surface area contributed by atoms with E-state index in [2.05, 4.69) is 20.1 Å². The van der Waals surface area contributed by atoms with Crippen molar-refractivity contribution >= 4 is 16.8 Å². The van der Waals surface area contributed by atoms with Crippen molar-refractivity contribution in [1.82, 2.24) is 0 Å². The van der Waals surface area contributed by atoms with Crippen molar-refractivity contribution in [3.8, 4) is 0 Å². The maximum absolute atomic E-state index is 8.70. The average Bonchev–Trinajstić information content (AvgIpc) is 2.43. The quantitative estimate of drug-likeness (QED) is 0.412. The molecule has 0 heterocycles. The molecule has 0 fully saturated rings. The van der Waals surface area contributed by atoms with Gasteiger partial charge >= 0.3 is 0 Å². The summed E-state index contributed by atoms with van der Waals surface area (Å²) in [5.41, 5.74) is 19.6. The SMILES string of the molecule is [N-]=[N+]=NC1=Cc2cccc3cccc(c23)C1N=[N+]=[N-]. The lowest BCUT2D eigenvalue weighted by molar-refractivity contribution is 0.829. The van der Waals surface area contributed by atoms with Crippen molar-refractivity contribution in [1.29, 1.82) is 0 Å². The Balaban J connectivity index is 2.40. The van der Waals surface area contributed by atoms with E-state index < -0.39 is 6.04 Å². The van der Waals surface area contributed by atoms with Crippen LogP contribution in [0.3, 0.4) is 0 Å². The predicted molar refractivity (Wildman–Crippen MR) is 73.0 cm³/mol. The fraction of sp³-hybridized carbons (Fsp3) is 0.0769. The molecule has 0 spiro atoms. The molecule has 19 heavy (non-hydrogen) atoms. The van der Waals surface area contributed by atoms with Crippen molar-refractivity contribution in [2.24, 2.45) is 10.2 Å². The summed E-state index contributed by atoms with van der Waals surface area (Å²) < 4.78 is 0. The van der Waals surface area contributed by atoms with Gasteiger partial charge in [-0.2, -0.15) is 0 Å². The second-order valence-corrected chi connectivity index (χ2v) is 4.16. The summed E-state index contributed by atoms with van der Waals surface area (Å²) in [6.07, 6.45) is 1.77. The predicted octanol–water partition coefficient (Wildman–Crippen LogP) is 4.86. The van der Waals surface area contributed by atoms with Gasteiger partial charge in [0, 0.05) is 15.5 Å². The summed E-state index contributed by atoms with van der Waals surface area (Å²) in [7, 11) is 0. The molecule has 0 saturated heterocycles. The molecule has 0 aliphatic heterocycles. The Labute approximate surface area is 108 Å². The topological polar surface area (TPSA) is 97.5 Å². The third-order valence-corrected chi connectivity index (χ3v) is 3.17. The van der Waals surface area contributed by atoms with E-state index in [1.165, 1.54) is 0 Å². The standard InChI is InChI=1S/C13H8N6/c14-18-16-11-7-9-5-1-3-8-4-2-6-10(12(8)9)13(11)17-19-15/h1-7,13H. The zero-order valence-corrected chi connectivity index (χ0v) is 9.80. The largest absolute Gasteiger partial charge is 0.0907 e. The molecule has 2 aromatic carbocycles. The van der Waals surface area contributed by atoms with Crippen LogP contribution in [0.25, 0.3) is 37.7 Å². The Kier molecular flexibility index (Phi) is 2.58. The molecule has 6 heteroatoms. The van der Waals surface area contributed by atoms with Crippen molar-refractivity contribution in [2.45, 2.75) is 6.04 Å². The van der Waals surface area contributed by atoms with Gasteiger partial charge in [-0.1, -0.05) is 46.6 Å². The van der Waals surface area contributed by atoms with Gasteiger partial charge in [0.05, 0.1) is 6.04 Å². The highest BCUT2D eigenvalue weighted by atomic mass is 15.2. The minimum Gasteiger partial charge on any atom is -0.0813 e. The zero-order chi connectivity index (χ0) is 13.2. The minimum absolute atomic E-state index is 0.423. The van der Waals surface area contributed by atoms with Crippen LogP contribution >= 0.6 is 0 Å². The molecule has 1 aliphatic carbocycles. The number of benzene rings is 2. The smallest absolute Gasteiger partial charge is 0.0813 e. The van der Waals surface area contributed by atoms with Crippen LogP contribution in [0.4, 0.5) is 0 Å². The minimum atomic E-state index is -0.570. The van der Waals surface area contributed by atoms with Gasteiger partial charge in [0.2, 0.25) is 0 Å².